The summed E-state index contributed by atoms with van der Waals surface area (Å²) in [5, 5.41) is 14.1. The first kappa shape index (κ1) is 13.5. The molecule has 2 rings (SSSR count). The van der Waals surface area contributed by atoms with Crippen molar-refractivity contribution in [1.29, 1.82) is 0 Å². The van der Waals surface area contributed by atoms with E-state index in [1.165, 1.54) is 5.56 Å². The van der Waals surface area contributed by atoms with Crippen molar-refractivity contribution in [2.75, 3.05) is 5.32 Å². The molecule has 0 spiro atoms. The number of anilines is 1. The van der Waals surface area contributed by atoms with E-state index in [1.54, 1.807) is 5.38 Å². The highest BCUT2D eigenvalue weighted by Gasteiger charge is 2.09. The van der Waals surface area contributed by atoms with Gasteiger partial charge in [0.15, 0.2) is 0 Å². The van der Waals surface area contributed by atoms with Gasteiger partial charge in [0.05, 0.1) is 12.2 Å². The average molecular weight is 276 g/mol. The second-order valence-corrected chi connectivity index (χ2v) is 5.07. The SMILES string of the molecule is CCCc1ccccc1NCc1csc(C(=O)O)n1. The van der Waals surface area contributed by atoms with Crippen LogP contribution in [0.1, 0.15) is 34.4 Å². The highest BCUT2D eigenvalue weighted by atomic mass is 32.1. The average Bonchev–Trinajstić information content (AvgIpc) is 2.87. The molecule has 0 amide bonds. The smallest absolute Gasteiger partial charge is 0.365 e. The molecule has 2 N–H and O–H groups in total. The Morgan fingerprint density at radius 1 is 1.42 bits per heavy atom. The predicted molar refractivity (Wildman–Crippen MR) is 76.8 cm³/mol. The molecule has 2 aromatic rings. The van der Waals surface area contributed by atoms with Crippen molar-refractivity contribution in [2.24, 2.45) is 0 Å². The van der Waals surface area contributed by atoms with Crippen molar-refractivity contribution in [3.63, 3.8) is 0 Å². The molecule has 4 nitrogen and oxygen atoms in total. The zero-order chi connectivity index (χ0) is 13.7. The third-order valence-corrected chi connectivity index (χ3v) is 3.61. The number of aromatic nitrogens is 1. The van der Waals surface area contributed by atoms with E-state index in [2.05, 4.69) is 23.3 Å². The highest BCUT2D eigenvalue weighted by Crippen LogP contribution is 2.18. The molecule has 0 saturated carbocycles. The van der Waals surface area contributed by atoms with E-state index in [-0.39, 0.29) is 5.01 Å². The molecule has 0 atom stereocenters. The van der Waals surface area contributed by atoms with Gasteiger partial charge in [0, 0.05) is 11.1 Å². The van der Waals surface area contributed by atoms with Crippen LogP contribution in [0.3, 0.4) is 0 Å². The van der Waals surface area contributed by atoms with Crippen molar-refractivity contribution in [3.8, 4) is 0 Å². The van der Waals surface area contributed by atoms with Crippen LogP contribution in [0.2, 0.25) is 0 Å². The summed E-state index contributed by atoms with van der Waals surface area (Å²) in [6, 6.07) is 8.16. The maximum Gasteiger partial charge on any atom is 0.365 e. The summed E-state index contributed by atoms with van der Waals surface area (Å²) in [5.74, 6) is -0.970. The van der Waals surface area contributed by atoms with Gasteiger partial charge in [0.1, 0.15) is 0 Å². The number of carbonyl (C=O) groups is 1. The molecule has 0 saturated heterocycles. The molecule has 0 aliphatic heterocycles. The lowest BCUT2D eigenvalue weighted by atomic mass is 10.1. The van der Waals surface area contributed by atoms with Gasteiger partial charge in [-0.05, 0) is 18.1 Å². The molecule has 19 heavy (non-hydrogen) atoms. The number of hydrogen-bond acceptors (Lipinski definition) is 4. The van der Waals surface area contributed by atoms with Gasteiger partial charge in [-0.3, -0.25) is 0 Å². The molecule has 0 bridgehead atoms. The first-order valence-electron chi connectivity index (χ1n) is 6.20. The monoisotopic (exact) mass is 276 g/mol. The number of carboxylic acid groups (broad SMARTS) is 1. The standard InChI is InChI=1S/C14H16N2O2S/c1-2-5-10-6-3-4-7-12(10)15-8-11-9-19-13(16-11)14(17)18/h3-4,6-7,9,15H,2,5,8H2,1H3,(H,17,18). The number of aromatic carboxylic acids is 1. The van der Waals surface area contributed by atoms with E-state index < -0.39 is 5.97 Å². The second kappa shape index (κ2) is 6.33. The van der Waals surface area contributed by atoms with E-state index in [1.807, 2.05) is 18.2 Å². The Hall–Kier alpha value is -1.88. The second-order valence-electron chi connectivity index (χ2n) is 4.21. The van der Waals surface area contributed by atoms with Crippen molar-refractivity contribution in [1.82, 2.24) is 4.98 Å². The van der Waals surface area contributed by atoms with Crippen LogP contribution in [0.15, 0.2) is 29.6 Å². The summed E-state index contributed by atoms with van der Waals surface area (Å²) in [4.78, 5) is 14.8. The van der Waals surface area contributed by atoms with Crippen LogP contribution in [0.4, 0.5) is 5.69 Å². The maximum atomic E-state index is 10.8. The number of nitrogens with one attached hydrogen (secondary N) is 1. The van der Waals surface area contributed by atoms with Crippen molar-refractivity contribution in [2.45, 2.75) is 26.3 Å². The number of para-hydroxylation sites is 1. The Morgan fingerprint density at radius 2 is 2.21 bits per heavy atom. The summed E-state index contributed by atoms with van der Waals surface area (Å²) in [5.41, 5.74) is 3.13. The topological polar surface area (TPSA) is 62.2 Å². The lowest BCUT2D eigenvalue weighted by molar-refractivity contribution is 0.0696. The van der Waals surface area contributed by atoms with Gasteiger partial charge in [0.25, 0.3) is 0 Å². The number of rotatable bonds is 6. The van der Waals surface area contributed by atoms with Crippen LogP contribution < -0.4 is 5.32 Å². The largest absolute Gasteiger partial charge is 0.476 e. The number of carboxylic acids is 1. The first-order chi connectivity index (χ1) is 9.20. The van der Waals surface area contributed by atoms with Gasteiger partial charge in [-0.2, -0.15) is 0 Å². The van der Waals surface area contributed by atoms with Gasteiger partial charge >= 0.3 is 5.97 Å². The van der Waals surface area contributed by atoms with E-state index >= 15 is 0 Å². The van der Waals surface area contributed by atoms with E-state index in [9.17, 15) is 4.79 Å². The molecular formula is C14H16N2O2S. The van der Waals surface area contributed by atoms with Crippen LogP contribution in [0.5, 0.6) is 0 Å². The molecule has 0 aliphatic rings. The fourth-order valence-electron chi connectivity index (χ4n) is 1.85. The molecule has 0 radical (unpaired) electrons. The fourth-order valence-corrected chi connectivity index (χ4v) is 2.51. The fraction of sp³-hybridized carbons (Fsp3) is 0.286. The predicted octanol–water partition coefficient (Wildman–Crippen LogP) is 3.41. The zero-order valence-corrected chi connectivity index (χ0v) is 11.5. The van der Waals surface area contributed by atoms with E-state index in [0.717, 1.165) is 35.6 Å². The third kappa shape index (κ3) is 3.54. The minimum atomic E-state index is -0.970. The minimum absolute atomic E-state index is 0.138. The van der Waals surface area contributed by atoms with Gasteiger partial charge < -0.3 is 10.4 Å². The Bertz CT molecular complexity index is 566. The molecule has 0 fully saturated rings. The Balaban J connectivity index is 2.03. The number of benzene rings is 1. The van der Waals surface area contributed by atoms with Crippen molar-refractivity contribution >= 4 is 23.0 Å². The van der Waals surface area contributed by atoms with Crippen LogP contribution in [-0.2, 0) is 13.0 Å². The number of aryl methyl sites for hydroxylation is 1. The molecule has 1 heterocycles. The lowest BCUT2D eigenvalue weighted by Gasteiger charge is -2.10. The molecule has 1 aromatic heterocycles. The van der Waals surface area contributed by atoms with Crippen LogP contribution in [-0.4, -0.2) is 16.1 Å². The molecule has 100 valence electrons. The number of hydrogen-bond donors (Lipinski definition) is 2. The van der Waals surface area contributed by atoms with Gasteiger partial charge in [-0.1, -0.05) is 31.5 Å². The van der Waals surface area contributed by atoms with E-state index in [4.69, 9.17) is 5.11 Å². The zero-order valence-electron chi connectivity index (χ0n) is 10.7. The molecule has 5 heteroatoms. The van der Waals surface area contributed by atoms with E-state index in [0.29, 0.717) is 6.54 Å². The summed E-state index contributed by atoms with van der Waals surface area (Å²) in [7, 11) is 0. The summed E-state index contributed by atoms with van der Waals surface area (Å²) in [6.07, 6.45) is 2.12. The van der Waals surface area contributed by atoms with Crippen molar-refractivity contribution < 1.29 is 9.90 Å². The molecule has 0 aliphatic carbocycles. The maximum absolute atomic E-state index is 10.8. The quantitative estimate of drug-likeness (QED) is 0.848. The van der Waals surface area contributed by atoms with Crippen molar-refractivity contribution in [3.05, 3.63) is 45.9 Å². The summed E-state index contributed by atoms with van der Waals surface area (Å²) < 4.78 is 0. The number of nitrogens with zero attached hydrogens (tertiary/aromatic N) is 1. The van der Waals surface area contributed by atoms with Gasteiger partial charge in [-0.15, -0.1) is 11.3 Å². The Morgan fingerprint density at radius 3 is 2.89 bits per heavy atom. The third-order valence-electron chi connectivity index (χ3n) is 2.73. The number of thiazole rings is 1. The Labute approximate surface area is 116 Å². The van der Waals surface area contributed by atoms with Crippen LogP contribution in [0, 0.1) is 0 Å². The molecule has 0 unspecified atom stereocenters. The lowest BCUT2D eigenvalue weighted by Crippen LogP contribution is -2.03. The van der Waals surface area contributed by atoms with Gasteiger partial charge in [0.2, 0.25) is 5.01 Å². The summed E-state index contributed by atoms with van der Waals surface area (Å²) in [6.45, 7) is 2.70. The van der Waals surface area contributed by atoms with Crippen LogP contribution in [0.25, 0.3) is 0 Å². The first-order valence-corrected chi connectivity index (χ1v) is 7.08. The highest BCUT2D eigenvalue weighted by molar-refractivity contribution is 7.11. The Kier molecular flexibility index (Phi) is 4.52. The van der Waals surface area contributed by atoms with Crippen LogP contribution >= 0.6 is 11.3 Å². The normalized spacial score (nSPS) is 10.4. The van der Waals surface area contributed by atoms with Gasteiger partial charge in [-0.25, -0.2) is 9.78 Å². The summed E-state index contributed by atoms with van der Waals surface area (Å²) >= 11 is 1.16. The minimum Gasteiger partial charge on any atom is -0.476 e. The molecular weight excluding hydrogens is 260 g/mol. The molecule has 1 aromatic carbocycles.